The SMILES string of the molecule is C[Si](C)(C)CCOc1nc(OCC23CCCN2CCC3)nc2c(F)c(Cl)ncc12. The van der Waals surface area contributed by atoms with Crippen LogP contribution in [0.4, 0.5) is 4.39 Å². The lowest BCUT2D eigenvalue weighted by Gasteiger charge is -2.31. The minimum Gasteiger partial charge on any atom is -0.477 e. The molecule has 29 heavy (non-hydrogen) atoms. The van der Waals surface area contributed by atoms with E-state index in [-0.39, 0.29) is 22.2 Å². The summed E-state index contributed by atoms with van der Waals surface area (Å²) in [6, 6.07) is 1.10. The van der Waals surface area contributed by atoms with Crippen molar-refractivity contribution < 1.29 is 13.9 Å². The van der Waals surface area contributed by atoms with Crippen LogP contribution < -0.4 is 9.47 Å². The molecule has 4 rings (SSSR count). The summed E-state index contributed by atoms with van der Waals surface area (Å²) in [7, 11) is -1.28. The zero-order valence-corrected chi connectivity index (χ0v) is 19.1. The van der Waals surface area contributed by atoms with E-state index in [0.717, 1.165) is 32.0 Å². The van der Waals surface area contributed by atoms with E-state index >= 15 is 0 Å². The van der Waals surface area contributed by atoms with Crippen molar-refractivity contribution in [2.45, 2.75) is 56.9 Å². The molecule has 0 bridgehead atoms. The van der Waals surface area contributed by atoms with E-state index in [1.807, 2.05) is 0 Å². The van der Waals surface area contributed by atoms with Gasteiger partial charge in [-0.3, -0.25) is 4.90 Å². The van der Waals surface area contributed by atoms with Crippen molar-refractivity contribution in [3.63, 3.8) is 0 Å². The predicted octanol–water partition coefficient (Wildman–Crippen LogP) is 4.54. The zero-order chi connectivity index (χ0) is 20.6. The van der Waals surface area contributed by atoms with Gasteiger partial charge >= 0.3 is 6.01 Å². The van der Waals surface area contributed by atoms with Gasteiger partial charge in [-0.2, -0.15) is 9.97 Å². The van der Waals surface area contributed by atoms with Gasteiger partial charge in [0.05, 0.1) is 17.5 Å². The molecule has 2 aliphatic rings. The molecule has 0 saturated carbocycles. The Morgan fingerprint density at radius 3 is 2.59 bits per heavy atom. The molecule has 2 aromatic heterocycles. The molecule has 0 N–H and O–H groups in total. The number of hydrogen-bond acceptors (Lipinski definition) is 6. The number of hydrogen-bond donors (Lipinski definition) is 0. The number of rotatable bonds is 7. The summed E-state index contributed by atoms with van der Waals surface area (Å²) in [4.78, 5) is 15.2. The van der Waals surface area contributed by atoms with Crippen LogP contribution in [0, 0.1) is 5.82 Å². The van der Waals surface area contributed by atoms with Gasteiger partial charge in [0.1, 0.15) is 12.1 Å². The fourth-order valence-corrected chi connectivity index (χ4v) is 5.13. The van der Waals surface area contributed by atoms with Crippen LogP contribution in [-0.2, 0) is 0 Å². The number of fused-ring (bicyclic) bond motifs is 2. The molecule has 9 heteroatoms. The first kappa shape index (κ1) is 20.7. The summed E-state index contributed by atoms with van der Waals surface area (Å²) >= 11 is 5.88. The maximum Gasteiger partial charge on any atom is 0.320 e. The molecule has 2 saturated heterocycles. The number of pyridine rings is 1. The Labute approximate surface area is 176 Å². The highest BCUT2D eigenvalue weighted by Crippen LogP contribution is 2.39. The topological polar surface area (TPSA) is 60.4 Å². The van der Waals surface area contributed by atoms with Crippen LogP contribution in [0.3, 0.4) is 0 Å². The Hall–Kier alpha value is -1.51. The summed E-state index contributed by atoms with van der Waals surface area (Å²) in [5, 5.41) is 0.197. The summed E-state index contributed by atoms with van der Waals surface area (Å²) in [5.74, 6) is -0.369. The van der Waals surface area contributed by atoms with E-state index in [1.165, 1.54) is 19.0 Å². The molecule has 6 nitrogen and oxygen atoms in total. The summed E-state index contributed by atoms with van der Waals surface area (Å²) in [6.07, 6.45) is 6.06. The van der Waals surface area contributed by atoms with Gasteiger partial charge in [-0.15, -0.1) is 0 Å². The van der Waals surface area contributed by atoms with Gasteiger partial charge < -0.3 is 9.47 Å². The van der Waals surface area contributed by atoms with E-state index in [2.05, 4.69) is 39.5 Å². The van der Waals surface area contributed by atoms with Gasteiger partial charge in [0, 0.05) is 14.3 Å². The lowest BCUT2D eigenvalue weighted by Crippen LogP contribution is -2.43. The molecule has 0 unspecified atom stereocenters. The third-order valence-electron chi connectivity index (χ3n) is 5.96. The van der Waals surface area contributed by atoms with Gasteiger partial charge in [0.2, 0.25) is 5.88 Å². The highest BCUT2D eigenvalue weighted by Gasteiger charge is 2.45. The molecule has 2 aromatic rings. The normalized spacial score (nSPS) is 18.9. The fraction of sp³-hybridized carbons (Fsp3) is 0.650. The molecule has 2 fully saturated rings. The van der Waals surface area contributed by atoms with Crippen LogP contribution in [-0.4, -0.2) is 59.8 Å². The maximum atomic E-state index is 14.6. The first-order chi connectivity index (χ1) is 13.8. The number of halogens is 2. The molecule has 0 atom stereocenters. The second kappa shape index (κ2) is 7.96. The first-order valence-electron chi connectivity index (χ1n) is 10.3. The van der Waals surface area contributed by atoms with Crippen LogP contribution in [0.25, 0.3) is 10.9 Å². The van der Waals surface area contributed by atoms with Gasteiger partial charge in [-0.25, -0.2) is 9.37 Å². The summed E-state index contributed by atoms with van der Waals surface area (Å²) in [5.41, 5.74) is 0.149. The minimum absolute atomic E-state index is 0.0611. The van der Waals surface area contributed by atoms with Crippen LogP contribution in [0.5, 0.6) is 11.9 Å². The van der Waals surface area contributed by atoms with Crippen molar-refractivity contribution in [3.8, 4) is 11.9 Å². The highest BCUT2D eigenvalue weighted by molar-refractivity contribution is 6.76. The Balaban J connectivity index is 1.60. The predicted molar refractivity (Wildman–Crippen MR) is 114 cm³/mol. The molecule has 0 spiro atoms. The van der Waals surface area contributed by atoms with Crippen molar-refractivity contribution in [1.29, 1.82) is 0 Å². The summed E-state index contributed by atoms with van der Waals surface area (Å²) in [6.45, 7) is 10.1. The van der Waals surface area contributed by atoms with Crippen LogP contribution >= 0.6 is 11.6 Å². The van der Waals surface area contributed by atoms with Crippen LogP contribution in [0.15, 0.2) is 6.20 Å². The fourth-order valence-electron chi connectivity index (χ4n) is 4.28. The molecular weight excluding hydrogens is 411 g/mol. The standard InChI is InChI=1S/C20H28ClFN4O2Si/c1-29(2,3)11-10-27-18-14-12-23-17(21)15(22)16(14)24-19(25-18)28-13-20-6-4-8-26(20)9-5-7-20/h12H,4-11,13H2,1-3H3. The lowest BCUT2D eigenvalue weighted by atomic mass is 9.95. The average molecular weight is 439 g/mol. The Kier molecular flexibility index (Phi) is 5.70. The zero-order valence-electron chi connectivity index (χ0n) is 17.3. The van der Waals surface area contributed by atoms with Gasteiger partial charge in [0.15, 0.2) is 11.0 Å². The molecule has 0 aliphatic carbocycles. The van der Waals surface area contributed by atoms with E-state index in [4.69, 9.17) is 21.1 Å². The van der Waals surface area contributed by atoms with Crippen molar-refractivity contribution in [2.24, 2.45) is 0 Å². The summed E-state index contributed by atoms with van der Waals surface area (Å²) < 4.78 is 26.6. The Morgan fingerprint density at radius 1 is 1.17 bits per heavy atom. The minimum atomic E-state index is -1.28. The Morgan fingerprint density at radius 2 is 1.90 bits per heavy atom. The second-order valence-corrected chi connectivity index (χ2v) is 15.3. The lowest BCUT2D eigenvalue weighted by molar-refractivity contribution is 0.107. The van der Waals surface area contributed by atoms with E-state index < -0.39 is 13.9 Å². The van der Waals surface area contributed by atoms with Gasteiger partial charge in [0.25, 0.3) is 0 Å². The third kappa shape index (κ3) is 4.34. The van der Waals surface area contributed by atoms with Crippen molar-refractivity contribution in [2.75, 3.05) is 26.3 Å². The highest BCUT2D eigenvalue weighted by atomic mass is 35.5. The van der Waals surface area contributed by atoms with E-state index in [9.17, 15) is 4.39 Å². The van der Waals surface area contributed by atoms with Gasteiger partial charge in [-0.1, -0.05) is 31.2 Å². The smallest absolute Gasteiger partial charge is 0.320 e. The van der Waals surface area contributed by atoms with Gasteiger partial charge in [-0.05, 0) is 44.8 Å². The monoisotopic (exact) mass is 438 g/mol. The maximum absolute atomic E-state index is 14.6. The van der Waals surface area contributed by atoms with Crippen LogP contribution in [0.2, 0.25) is 30.8 Å². The van der Waals surface area contributed by atoms with Crippen LogP contribution in [0.1, 0.15) is 25.7 Å². The number of aromatic nitrogens is 3. The Bertz CT molecular complexity index is 898. The first-order valence-corrected chi connectivity index (χ1v) is 14.4. The quantitative estimate of drug-likeness (QED) is 0.467. The number of nitrogens with zero attached hydrogens (tertiary/aromatic N) is 4. The molecule has 2 aliphatic heterocycles. The van der Waals surface area contributed by atoms with Crippen molar-refractivity contribution in [3.05, 3.63) is 17.2 Å². The molecule has 0 amide bonds. The van der Waals surface area contributed by atoms with Crippen molar-refractivity contribution >= 4 is 30.6 Å². The second-order valence-electron chi connectivity index (χ2n) is 9.30. The van der Waals surface area contributed by atoms with Crippen molar-refractivity contribution in [1.82, 2.24) is 19.9 Å². The average Bonchev–Trinajstić information content (AvgIpc) is 3.22. The molecule has 4 heterocycles. The molecular formula is C20H28ClFN4O2Si. The molecule has 0 radical (unpaired) electrons. The molecule has 158 valence electrons. The third-order valence-corrected chi connectivity index (χ3v) is 7.93. The molecule has 0 aromatic carbocycles. The largest absolute Gasteiger partial charge is 0.477 e. The number of ether oxygens (including phenoxy) is 2. The van der Waals surface area contributed by atoms with E-state index in [0.29, 0.717) is 24.5 Å². The van der Waals surface area contributed by atoms with E-state index in [1.54, 1.807) is 0 Å².